The number of rotatable bonds is 5. The Bertz CT molecular complexity index is 988. The molecule has 0 unspecified atom stereocenters. The van der Waals surface area contributed by atoms with E-state index in [2.05, 4.69) is 0 Å². The van der Waals surface area contributed by atoms with Crippen molar-refractivity contribution in [3.8, 4) is 28.4 Å². The summed E-state index contributed by atoms with van der Waals surface area (Å²) in [5, 5.41) is 0.893. The second-order valence-electron chi connectivity index (χ2n) is 6.85. The number of carbonyl (C=O) groups excluding carboxylic acids is 1. The minimum Gasteiger partial charge on any atom is -0.490 e. The van der Waals surface area contributed by atoms with Gasteiger partial charge in [0.1, 0.15) is 11.3 Å². The van der Waals surface area contributed by atoms with Crippen LogP contribution in [0.2, 0.25) is 0 Å². The molecule has 0 radical (unpaired) electrons. The lowest BCUT2D eigenvalue weighted by atomic mass is 10.0. The second-order valence-corrected chi connectivity index (χ2v) is 6.85. The largest absolute Gasteiger partial charge is 0.490 e. The number of fused-ring (bicyclic) bond motifs is 2. The van der Waals surface area contributed by atoms with Gasteiger partial charge in [-0.3, -0.25) is 0 Å². The van der Waals surface area contributed by atoms with E-state index in [0.29, 0.717) is 19.0 Å². The van der Waals surface area contributed by atoms with Crippen molar-refractivity contribution >= 4 is 16.9 Å². The lowest BCUT2D eigenvalue weighted by Gasteiger charge is -2.10. The zero-order valence-electron chi connectivity index (χ0n) is 15.9. The van der Waals surface area contributed by atoms with Crippen molar-refractivity contribution in [3.05, 3.63) is 42.7 Å². The molecule has 2 aromatic carbocycles. The molecule has 1 aliphatic heterocycles. The Morgan fingerprint density at radius 2 is 1.89 bits per heavy atom. The zero-order chi connectivity index (χ0) is 19.5. The van der Waals surface area contributed by atoms with Crippen molar-refractivity contribution in [1.29, 1.82) is 0 Å². The van der Waals surface area contributed by atoms with Gasteiger partial charge in [-0.25, -0.2) is 4.79 Å². The van der Waals surface area contributed by atoms with Crippen LogP contribution in [0.4, 0.5) is 0 Å². The molecule has 3 aromatic rings. The Kier molecular flexibility index (Phi) is 5.10. The first kappa shape index (κ1) is 18.2. The van der Waals surface area contributed by atoms with E-state index >= 15 is 0 Å². The predicted molar refractivity (Wildman–Crippen MR) is 104 cm³/mol. The zero-order valence-corrected chi connectivity index (χ0v) is 15.9. The van der Waals surface area contributed by atoms with Gasteiger partial charge in [0, 0.05) is 17.4 Å². The lowest BCUT2D eigenvalue weighted by molar-refractivity contribution is -0.149. The summed E-state index contributed by atoms with van der Waals surface area (Å²) in [6.07, 6.45) is 2.40. The molecule has 2 heterocycles. The third-order valence-corrected chi connectivity index (χ3v) is 4.33. The Morgan fingerprint density at radius 3 is 2.71 bits per heavy atom. The van der Waals surface area contributed by atoms with E-state index in [1.165, 1.54) is 0 Å². The molecule has 146 valence electrons. The lowest BCUT2D eigenvalue weighted by Crippen LogP contribution is -2.18. The van der Waals surface area contributed by atoms with Gasteiger partial charge in [-0.1, -0.05) is 6.07 Å². The number of hydrogen-bond donors (Lipinski definition) is 0. The Morgan fingerprint density at radius 1 is 1.07 bits per heavy atom. The fraction of sp³-hybridized carbons (Fsp3) is 0.318. The Labute approximate surface area is 162 Å². The maximum atomic E-state index is 11.7. The van der Waals surface area contributed by atoms with E-state index in [4.69, 9.17) is 23.4 Å². The third kappa shape index (κ3) is 3.91. The van der Waals surface area contributed by atoms with Gasteiger partial charge in [-0.15, -0.1) is 0 Å². The van der Waals surface area contributed by atoms with Gasteiger partial charge < -0.3 is 23.4 Å². The molecule has 4 rings (SSSR count). The van der Waals surface area contributed by atoms with E-state index in [0.717, 1.165) is 40.0 Å². The first-order valence-electron chi connectivity index (χ1n) is 9.34. The van der Waals surface area contributed by atoms with Crippen molar-refractivity contribution < 1.29 is 28.2 Å². The maximum absolute atomic E-state index is 11.7. The van der Waals surface area contributed by atoms with Crippen LogP contribution in [0.15, 0.2) is 47.1 Å². The number of ether oxygens (including phenoxy) is 4. The predicted octanol–water partition coefficient (Wildman–Crippen LogP) is 4.59. The highest BCUT2D eigenvalue weighted by Gasteiger charge is 2.15. The molecule has 6 nitrogen and oxygen atoms in total. The van der Waals surface area contributed by atoms with E-state index in [-0.39, 0.29) is 12.7 Å². The van der Waals surface area contributed by atoms with Gasteiger partial charge >= 0.3 is 5.97 Å². The molecule has 28 heavy (non-hydrogen) atoms. The molecule has 1 aliphatic rings. The van der Waals surface area contributed by atoms with E-state index in [1.807, 2.05) is 30.3 Å². The molecule has 0 aliphatic carbocycles. The van der Waals surface area contributed by atoms with E-state index in [9.17, 15) is 4.79 Å². The monoisotopic (exact) mass is 382 g/mol. The molecule has 0 amide bonds. The summed E-state index contributed by atoms with van der Waals surface area (Å²) in [6, 6.07) is 11.3. The molecule has 1 aromatic heterocycles. The third-order valence-electron chi connectivity index (χ3n) is 4.33. The van der Waals surface area contributed by atoms with Crippen molar-refractivity contribution in [1.82, 2.24) is 0 Å². The highest BCUT2D eigenvalue weighted by molar-refractivity contribution is 5.95. The molecular formula is C22H22O6. The smallest absolute Gasteiger partial charge is 0.344 e. The van der Waals surface area contributed by atoms with Crippen LogP contribution in [0.1, 0.15) is 20.3 Å². The van der Waals surface area contributed by atoms with Crippen molar-refractivity contribution in [2.45, 2.75) is 26.4 Å². The van der Waals surface area contributed by atoms with Crippen molar-refractivity contribution in [2.75, 3.05) is 19.8 Å². The Hall–Kier alpha value is -3.15. The van der Waals surface area contributed by atoms with Gasteiger partial charge in [0.15, 0.2) is 18.1 Å². The molecule has 0 bridgehead atoms. The summed E-state index contributed by atoms with van der Waals surface area (Å²) < 4.78 is 27.8. The van der Waals surface area contributed by atoms with Crippen molar-refractivity contribution in [3.63, 3.8) is 0 Å². The average Bonchev–Trinajstić information content (AvgIpc) is 2.95. The maximum Gasteiger partial charge on any atom is 0.344 e. The van der Waals surface area contributed by atoms with Gasteiger partial charge in [0.2, 0.25) is 0 Å². The summed E-state index contributed by atoms with van der Waals surface area (Å²) in [6.45, 7) is 4.75. The minimum atomic E-state index is -0.398. The molecule has 0 fully saturated rings. The van der Waals surface area contributed by atoms with Crippen LogP contribution in [0.5, 0.6) is 17.2 Å². The first-order valence-corrected chi connectivity index (χ1v) is 9.34. The average molecular weight is 382 g/mol. The Balaban J connectivity index is 1.60. The topological polar surface area (TPSA) is 67.1 Å². The summed E-state index contributed by atoms with van der Waals surface area (Å²) in [7, 11) is 0. The normalized spacial score (nSPS) is 13.4. The highest BCUT2D eigenvalue weighted by Crippen LogP contribution is 2.38. The van der Waals surface area contributed by atoms with Crippen LogP contribution in [0, 0.1) is 0 Å². The second kappa shape index (κ2) is 7.84. The minimum absolute atomic E-state index is 0.138. The number of carbonyl (C=O) groups is 1. The van der Waals surface area contributed by atoms with Gasteiger partial charge in [-0.2, -0.15) is 0 Å². The van der Waals surface area contributed by atoms with Gasteiger partial charge in [0.05, 0.1) is 25.6 Å². The van der Waals surface area contributed by atoms with Crippen LogP contribution in [-0.4, -0.2) is 31.9 Å². The molecule has 0 spiro atoms. The van der Waals surface area contributed by atoms with Crippen molar-refractivity contribution in [2.24, 2.45) is 0 Å². The highest BCUT2D eigenvalue weighted by atomic mass is 16.6. The quantitative estimate of drug-likeness (QED) is 0.601. The first-order chi connectivity index (χ1) is 13.6. The number of furan rings is 1. The fourth-order valence-corrected chi connectivity index (χ4v) is 3.09. The fourth-order valence-electron chi connectivity index (χ4n) is 3.09. The summed E-state index contributed by atoms with van der Waals surface area (Å²) in [5.41, 5.74) is 2.61. The van der Waals surface area contributed by atoms with E-state index in [1.54, 1.807) is 26.2 Å². The summed E-state index contributed by atoms with van der Waals surface area (Å²) in [4.78, 5) is 11.7. The molecule has 0 saturated carbocycles. The standard InChI is InChI=1S/C22H22O6/c1-14(2)28-22(23)13-26-16-5-7-19-17(11-16)18(12-27-19)15-4-6-20-21(10-15)25-9-3-8-24-20/h4-7,10-12,14H,3,8-9,13H2,1-2H3. The van der Waals surface area contributed by atoms with Crippen LogP contribution < -0.4 is 14.2 Å². The molecular weight excluding hydrogens is 360 g/mol. The number of hydrogen-bond acceptors (Lipinski definition) is 6. The van der Waals surface area contributed by atoms with Gasteiger partial charge in [0.25, 0.3) is 0 Å². The summed E-state index contributed by atoms with van der Waals surface area (Å²) >= 11 is 0. The molecule has 0 atom stereocenters. The number of benzene rings is 2. The summed E-state index contributed by atoms with van der Waals surface area (Å²) in [5.74, 6) is 1.66. The number of esters is 1. The molecule has 6 heteroatoms. The SMILES string of the molecule is CC(C)OC(=O)COc1ccc2occ(-c3ccc4c(c3)OCCCO4)c2c1. The van der Waals surface area contributed by atoms with Crippen LogP contribution in [-0.2, 0) is 9.53 Å². The molecule has 0 N–H and O–H groups in total. The van der Waals surface area contributed by atoms with E-state index < -0.39 is 5.97 Å². The molecule has 0 saturated heterocycles. The van der Waals surface area contributed by atoms with Crippen LogP contribution in [0.25, 0.3) is 22.1 Å². The van der Waals surface area contributed by atoms with Crippen LogP contribution in [0.3, 0.4) is 0 Å². The van der Waals surface area contributed by atoms with Gasteiger partial charge in [-0.05, 0) is 49.7 Å². The van der Waals surface area contributed by atoms with Crippen LogP contribution >= 0.6 is 0 Å².